The van der Waals surface area contributed by atoms with Gasteiger partial charge in [0.1, 0.15) is 0 Å². The SMILES string of the molecule is C=Cc1nc(-c2cccc3c(C#N)cccc23)c(-c2ccc(-c3nc(-c4ccccc4)cc(-c4ccccc4)n3)c3ccccc23)nc1C=C.CC. The number of hydrogen-bond acceptors (Lipinski definition) is 5. The number of rotatable bonds is 7. The zero-order chi connectivity index (χ0) is 36.0. The smallest absolute Gasteiger partial charge is 0.161 e. The van der Waals surface area contributed by atoms with Crippen LogP contribution >= 0.6 is 0 Å². The van der Waals surface area contributed by atoms with E-state index >= 15 is 0 Å². The minimum atomic E-state index is 0.605. The maximum Gasteiger partial charge on any atom is 0.161 e. The first kappa shape index (κ1) is 33.5. The largest absolute Gasteiger partial charge is 0.244 e. The molecule has 0 saturated heterocycles. The van der Waals surface area contributed by atoms with E-state index in [2.05, 4.69) is 67.8 Å². The van der Waals surface area contributed by atoms with Gasteiger partial charge in [-0.25, -0.2) is 19.9 Å². The molecule has 2 heterocycles. The minimum absolute atomic E-state index is 0.605. The Balaban J connectivity index is 0.00000207. The summed E-state index contributed by atoms with van der Waals surface area (Å²) in [6.07, 6.45) is 3.41. The molecule has 5 heteroatoms. The summed E-state index contributed by atoms with van der Waals surface area (Å²) in [5, 5.41) is 13.6. The molecule has 0 saturated carbocycles. The van der Waals surface area contributed by atoms with E-state index in [0.29, 0.717) is 34.2 Å². The summed E-state index contributed by atoms with van der Waals surface area (Å²) in [5.74, 6) is 0.631. The van der Waals surface area contributed by atoms with Gasteiger partial charge in [-0.2, -0.15) is 5.26 Å². The zero-order valence-corrected chi connectivity index (χ0v) is 29.1. The van der Waals surface area contributed by atoms with E-state index in [9.17, 15) is 5.26 Å². The number of aromatic nitrogens is 4. The second kappa shape index (κ2) is 14.8. The van der Waals surface area contributed by atoms with E-state index in [1.54, 1.807) is 12.2 Å². The van der Waals surface area contributed by atoms with Crippen molar-refractivity contribution in [3.8, 4) is 62.5 Å². The minimum Gasteiger partial charge on any atom is -0.244 e. The van der Waals surface area contributed by atoms with Crippen LogP contribution in [0.5, 0.6) is 0 Å². The number of benzene rings is 6. The lowest BCUT2D eigenvalue weighted by molar-refractivity contribution is 1.17. The Hall–Kier alpha value is -7.03. The van der Waals surface area contributed by atoms with Crippen LogP contribution in [-0.4, -0.2) is 19.9 Å². The highest BCUT2D eigenvalue weighted by Crippen LogP contribution is 2.41. The van der Waals surface area contributed by atoms with Crippen LogP contribution in [0, 0.1) is 11.3 Å². The van der Waals surface area contributed by atoms with Gasteiger partial charge >= 0.3 is 0 Å². The van der Waals surface area contributed by atoms with Gasteiger partial charge < -0.3 is 0 Å². The van der Waals surface area contributed by atoms with Crippen LogP contribution in [0.15, 0.2) is 153 Å². The maximum atomic E-state index is 9.87. The van der Waals surface area contributed by atoms with E-state index in [4.69, 9.17) is 19.9 Å². The lowest BCUT2D eigenvalue weighted by atomic mass is 9.92. The Morgan fingerprint density at radius 3 is 1.48 bits per heavy atom. The highest BCUT2D eigenvalue weighted by molar-refractivity contribution is 6.07. The second-order valence-corrected chi connectivity index (χ2v) is 11.8. The Bertz CT molecular complexity index is 2580. The van der Waals surface area contributed by atoms with Gasteiger partial charge in [0.25, 0.3) is 0 Å². The third kappa shape index (κ3) is 6.15. The first-order valence-electron chi connectivity index (χ1n) is 17.3. The van der Waals surface area contributed by atoms with Crippen LogP contribution in [0.2, 0.25) is 0 Å². The summed E-state index contributed by atoms with van der Waals surface area (Å²) >= 11 is 0. The number of nitrogens with zero attached hydrogens (tertiary/aromatic N) is 5. The molecule has 0 aliphatic heterocycles. The van der Waals surface area contributed by atoms with Gasteiger partial charge in [0, 0.05) is 33.2 Å². The van der Waals surface area contributed by atoms with Crippen molar-refractivity contribution < 1.29 is 0 Å². The first-order valence-corrected chi connectivity index (χ1v) is 17.3. The molecule has 52 heavy (non-hydrogen) atoms. The fourth-order valence-corrected chi connectivity index (χ4v) is 6.53. The Kier molecular flexibility index (Phi) is 9.55. The first-order chi connectivity index (χ1) is 25.7. The zero-order valence-electron chi connectivity index (χ0n) is 29.1. The number of nitriles is 1. The van der Waals surface area contributed by atoms with E-state index in [1.807, 2.05) is 105 Å². The van der Waals surface area contributed by atoms with E-state index in [-0.39, 0.29) is 0 Å². The molecule has 0 spiro atoms. The van der Waals surface area contributed by atoms with Crippen molar-refractivity contribution in [1.82, 2.24) is 19.9 Å². The van der Waals surface area contributed by atoms with Gasteiger partial charge in [0.15, 0.2) is 5.82 Å². The van der Waals surface area contributed by atoms with Gasteiger partial charge in [0.2, 0.25) is 0 Å². The van der Waals surface area contributed by atoms with E-state index < -0.39 is 0 Å². The Morgan fingerprint density at radius 1 is 0.481 bits per heavy atom. The van der Waals surface area contributed by atoms with Crippen LogP contribution in [0.25, 0.3) is 90.1 Å². The van der Waals surface area contributed by atoms with Crippen molar-refractivity contribution in [2.45, 2.75) is 13.8 Å². The summed E-state index contributed by atoms with van der Waals surface area (Å²) in [6, 6.07) is 48.9. The van der Waals surface area contributed by atoms with Crippen LogP contribution in [0.4, 0.5) is 0 Å². The monoisotopic (exact) mass is 669 g/mol. The Labute approximate surface area is 304 Å². The molecule has 0 aliphatic rings. The molecule has 2 aromatic heterocycles. The highest BCUT2D eigenvalue weighted by atomic mass is 14.9. The maximum absolute atomic E-state index is 9.87. The molecule has 0 radical (unpaired) electrons. The molecule has 8 aromatic rings. The lowest BCUT2D eigenvalue weighted by Crippen LogP contribution is -2.02. The van der Waals surface area contributed by atoms with Gasteiger partial charge in [-0.3, -0.25) is 0 Å². The number of fused-ring (bicyclic) bond motifs is 2. The van der Waals surface area contributed by atoms with Crippen LogP contribution in [0.1, 0.15) is 30.8 Å². The summed E-state index contributed by atoms with van der Waals surface area (Å²) in [7, 11) is 0. The number of hydrogen-bond donors (Lipinski definition) is 0. The molecule has 0 amide bonds. The lowest BCUT2D eigenvalue weighted by Gasteiger charge is -2.17. The average Bonchev–Trinajstić information content (AvgIpc) is 3.23. The van der Waals surface area contributed by atoms with Crippen molar-refractivity contribution in [1.29, 1.82) is 5.26 Å². The predicted molar refractivity (Wildman–Crippen MR) is 216 cm³/mol. The average molecular weight is 670 g/mol. The van der Waals surface area contributed by atoms with Crippen molar-refractivity contribution in [2.75, 3.05) is 0 Å². The van der Waals surface area contributed by atoms with Crippen LogP contribution < -0.4 is 0 Å². The molecule has 0 N–H and O–H groups in total. The van der Waals surface area contributed by atoms with Crippen LogP contribution in [-0.2, 0) is 0 Å². The predicted octanol–water partition coefficient (Wildman–Crippen LogP) is 12.1. The molecule has 0 atom stereocenters. The molecule has 248 valence electrons. The van der Waals surface area contributed by atoms with Gasteiger partial charge in [-0.1, -0.05) is 148 Å². The summed E-state index contributed by atoms with van der Waals surface area (Å²) < 4.78 is 0. The molecule has 0 aliphatic carbocycles. The third-order valence-corrected chi connectivity index (χ3v) is 8.92. The van der Waals surface area contributed by atoms with Crippen molar-refractivity contribution in [3.63, 3.8) is 0 Å². The molecule has 0 bridgehead atoms. The fraction of sp³-hybridized carbons (Fsp3) is 0.0426. The molecular formula is C47H35N5. The Morgan fingerprint density at radius 2 is 0.923 bits per heavy atom. The highest BCUT2D eigenvalue weighted by Gasteiger charge is 2.21. The van der Waals surface area contributed by atoms with Gasteiger partial charge in [-0.05, 0) is 46.5 Å². The molecular weight excluding hydrogens is 635 g/mol. The molecule has 0 fully saturated rings. The van der Waals surface area contributed by atoms with Crippen molar-refractivity contribution in [3.05, 3.63) is 170 Å². The van der Waals surface area contributed by atoms with Crippen LogP contribution in [0.3, 0.4) is 0 Å². The second-order valence-electron chi connectivity index (χ2n) is 11.8. The molecule has 5 nitrogen and oxygen atoms in total. The summed E-state index contributed by atoms with van der Waals surface area (Å²) in [6.45, 7) is 12.0. The van der Waals surface area contributed by atoms with E-state index in [1.165, 1.54) is 0 Å². The molecule has 6 aromatic carbocycles. The van der Waals surface area contributed by atoms with Crippen molar-refractivity contribution >= 4 is 33.7 Å². The van der Waals surface area contributed by atoms with E-state index in [0.717, 1.165) is 60.8 Å². The molecule has 8 rings (SSSR count). The quantitative estimate of drug-likeness (QED) is 0.169. The fourth-order valence-electron chi connectivity index (χ4n) is 6.53. The third-order valence-electron chi connectivity index (χ3n) is 8.92. The summed E-state index contributed by atoms with van der Waals surface area (Å²) in [4.78, 5) is 20.6. The molecule has 0 unspecified atom stereocenters. The van der Waals surface area contributed by atoms with Gasteiger partial charge in [-0.15, -0.1) is 0 Å². The summed E-state index contributed by atoms with van der Waals surface area (Å²) in [5.41, 5.74) is 9.68. The normalized spacial score (nSPS) is 10.6. The van der Waals surface area contributed by atoms with Crippen molar-refractivity contribution in [2.24, 2.45) is 0 Å². The van der Waals surface area contributed by atoms with Gasteiger partial charge in [0.05, 0.1) is 45.8 Å². The topological polar surface area (TPSA) is 75.3 Å². The standard InChI is InChI=1S/C45H29N5.C2H6/c1-3-39-40(4-2)48-44(43(47-39)36-24-14-22-32-31(28-46)19-13-23-33(32)36)37-25-26-38(35-21-12-11-20-34(35)37)45-49-41(29-15-7-5-8-16-29)27-42(50-45)30-17-9-6-10-18-30;1-2/h3-27H,1-2H2;1-2H3.